The van der Waals surface area contributed by atoms with Gasteiger partial charge in [-0.05, 0) is 48.9 Å². The molecule has 0 fully saturated rings. The first-order chi connectivity index (χ1) is 9.70. The molecule has 0 bridgehead atoms. The van der Waals surface area contributed by atoms with E-state index in [0.29, 0.717) is 18.2 Å². The van der Waals surface area contributed by atoms with Crippen molar-refractivity contribution in [3.05, 3.63) is 70.3 Å². The standard InChI is InChI=1S/C15H9F5O/c1-8-6-9(2-5-13(8)17)14(21)11-7-10(16)3-4-12(11)15(18,19)20/h2-7H,1H3. The van der Waals surface area contributed by atoms with E-state index >= 15 is 0 Å². The zero-order valence-electron chi connectivity index (χ0n) is 10.8. The van der Waals surface area contributed by atoms with Crippen molar-refractivity contribution < 1.29 is 26.7 Å². The molecule has 0 saturated heterocycles. The predicted octanol–water partition coefficient (Wildman–Crippen LogP) is 4.52. The van der Waals surface area contributed by atoms with Gasteiger partial charge in [-0.1, -0.05) is 0 Å². The molecule has 0 aliphatic carbocycles. The highest BCUT2D eigenvalue weighted by atomic mass is 19.4. The van der Waals surface area contributed by atoms with Gasteiger partial charge < -0.3 is 0 Å². The number of carbonyl (C=O) groups excluding carboxylic acids is 1. The van der Waals surface area contributed by atoms with Crippen LogP contribution in [0.1, 0.15) is 27.0 Å². The normalized spacial score (nSPS) is 11.5. The lowest BCUT2D eigenvalue weighted by Crippen LogP contribution is -2.14. The van der Waals surface area contributed by atoms with Crippen LogP contribution in [0.5, 0.6) is 0 Å². The second kappa shape index (κ2) is 5.27. The molecule has 0 heterocycles. The van der Waals surface area contributed by atoms with Crippen LogP contribution >= 0.6 is 0 Å². The Morgan fingerprint density at radius 1 is 1.00 bits per heavy atom. The summed E-state index contributed by atoms with van der Waals surface area (Å²) >= 11 is 0. The van der Waals surface area contributed by atoms with Gasteiger partial charge in [0, 0.05) is 11.1 Å². The van der Waals surface area contributed by atoms with Gasteiger partial charge in [-0.2, -0.15) is 13.2 Å². The predicted molar refractivity (Wildman–Crippen MR) is 66.0 cm³/mol. The zero-order chi connectivity index (χ0) is 15.8. The number of rotatable bonds is 2. The minimum atomic E-state index is -4.78. The van der Waals surface area contributed by atoms with Crippen LogP contribution in [0.15, 0.2) is 36.4 Å². The maximum Gasteiger partial charge on any atom is 0.417 e. The van der Waals surface area contributed by atoms with Crippen LogP contribution in [0.3, 0.4) is 0 Å². The van der Waals surface area contributed by atoms with Crippen LogP contribution in [-0.4, -0.2) is 5.78 Å². The minimum Gasteiger partial charge on any atom is -0.289 e. The van der Waals surface area contributed by atoms with E-state index in [4.69, 9.17) is 0 Å². The van der Waals surface area contributed by atoms with Gasteiger partial charge in [0.2, 0.25) is 0 Å². The quantitative estimate of drug-likeness (QED) is 0.588. The van der Waals surface area contributed by atoms with Crippen molar-refractivity contribution in [1.29, 1.82) is 0 Å². The summed E-state index contributed by atoms with van der Waals surface area (Å²) in [6.45, 7) is 1.38. The summed E-state index contributed by atoms with van der Waals surface area (Å²) < 4.78 is 64.9. The molecule has 0 saturated carbocycles. The van der Waals surface area contributed by atoms with Crippen molar-refractivity contribution in [2.75, 3.05) is 0 Å². The minimum absolute atomic E-state index is 0.116. The molecular weight excluding hydrogens is 291 g/mol. The van der Waals surface area contributed by atoms with Crippen molar-refractivity contribution in [3.63, 3.8) is 0 Å². The molecule has 0 atom stereocenters. The Morgan fingerprint density at radius 2 is 1.67 bits per heavy atom. The van der Waals surface area contributed by atoms with Crippen LogP contribution in [0.25, 0.3) is 0 Å². The molecule has 21 heavy (non-hydrogen) atoms. The molecule has 0 unspecified atom stereocenters. The number of ketones is 1. The number of halogens is 5. The molecule has 1 nitrogen and oxygen atoms in total. The van der Waals surface area contributed by atoms with Gasteiger partial charge in [0.05, 0.1) is 5.56 Å². The van der Waals surface area contributed by atoms with Crippen LogP contribution in [0, 0.1) is 18.6 Å². The lowest BCUT2D eigenvalue weighted by molar-refractivity contribution is -0.137. The topological polar surface area (TPSA) is 17.1 Å². The van der Waals surface area contributed by atoms with Crippen molar-refractivity contribution in [2.45, 2.75) is 13.1 Å². The smallest absolute Gasteiger partial charge is 0.289 e. The SMILES string of the molecule is Cc1cc(C(=O)c2cc(F)ccc2C(F)(F)F)ccc1F. The highest BCUT2D eigenvalue weighted by Crippen LogP contribution is 2.33. The fraction of sp³-hybridized carbons (Fsp3) is 0.133. The molecule has 0 amide bonds. The Balaban J connectivity index is 2.57. The monoisotopic (exact) mass is 300 g/mol. The lowest BCUT2D eigenvalue weighted by atomic mass is 9.97. The average molecular weight is 300 g/mol. The molecule has 0 radical (unpaired) electrons. The van der Waals surface area contributed by atoms with Gasteiger partial charge in [-0.25, -0.2) is 8.78 Å². The molecule has 0 N–H and O–H groups in total. The van der Waals surface area contributed by atoms with Gasteiger partial charge in [0.25, 0.3) is 0 Å². The summed E-state index contributed by atoms with van der Waals surface area (Å²) in [5, 5.41) is 0. The van der Waals surface area contributed by atoms with E-state index in [0.717, 1.165) is 18.2 Å². The highest BCUT2D eigenvalue weighted by Gasteiger charge is 2.35. The fourth-order valence-corrected chi connectivity index (χ4v) is 1.89. The van der Waals surface area contributed by atoms with E-state index in [1.54, 1.807) is 0 Å². The van der Waals surface area contributed by atoms with Crippen LogP contribution < -0.4 is 0 Å². The fourth-order valence-electron chi connectivity index (χ4n) is 1.89. The first-order valence-electron chi connectivity index (χ1n) is 5.88. The zero-order valence-corrected chi connectivity index (χ0v) is 10.8. The summed E-state index contributed by atoms with van der Waals surface area (Å²) in [6, 6.07) is 4.85. The Morgan fingerprint density at radius 3 is 2.24 bits per heavy atom. The third-order valence-electron chi connectivity index (χ3n) is 2.95. The van der Waals surface area contributed by atoms with Gasteiger partial charge in [0.1, 0.15) is 11.6 Å². The first-order valence-corrected chi connectivity index (χ1v) is 5.88. The molecule has 110 valence electrons. The molecule has 0 aliphatic heterocycles. The Bertz CT molecular complexity index is 704. The number of benzene rings is 2. The molecule has 2 rings (SSSR count). The molecular formula is C15H9F5O. The summed E-state index contributed by atoms with van der Waals surface area (Å²) in [7, 11) is 0. The number of hydrogen-bond acceptors (Lipinski definition) is 1. The molecule has 0 aliphatic rings. The molecule has 2 aromatic carbocycles. The van der Waals surface area contributed by atoms with E-state index in [1.165, 1.54) is 6.92 Å². The van der Waals surface area contributed by atoms with Gasteiger partial charge in [-0.15, -0.1) is 0 Å². The highest BCUT2D eigenvalue weighted by molar-refractivity contribution is 6.10. The number of carbonyl (C=O) groups is 1. The number of aryl methyl sites for hydroxylation is 1. The second-order valence-corrected chi connectivity index (χ2v) is 4.48. The number of alkyl halides is 3. The van der Waals surface area contributed by atoms with Crippen LogP contribution in [0.4, 0.5) is 22.0 Å². The second-order valence-electron chi connectivity index (χ2n) is 4.48. The third-order valence-corrected chi connectivity index (χ3v) is 2.95. The van der Waals surface area contributed by atoms with E-state index in [2.05, 4.69) is 0 Å². The Hall–Kier alpha value is -2.24. The summed E-state index contributed by atoms with van der Waals surface area (Å²) in [5.41, 5.74) is -2.04. The lowest BCUT2D eigenvalue weighted by Gasteiger charge is -2.12. The van der Waals surface area contributed by atoms with E-state index < -0.39 is 34.7 Å². The van der Waals surface area contributed by atoms with Crippen molar-refractivity contribution in [3.8, 4) is 0 Å². The summed E-state index contributed by atoms with van der Waals surface area (Å²) in [5.74, 6) is -2.54. The molecule has 6 heteroatoms. The first kappa shape index (κ1) is 15.2. The maximum absolute atomic E-state index is 13.2. The van der Waals surface area contributed by atoms with Crippen molar-refractivity contribution >= 4 is 5.78 Å². The van der Waals surface area contributed by atoms with Crippen molar-refractivity contribution in [1.82, 2.24) is 0 Å². The largest absolute Gasteiger partial charge is 0.417 e. The van der Waals surface area contributed by atoms with E-state index in [1.807, 2.05) is 0 Å². The van der Waals surface area contributed by atoms with Crippen LogP contribution in [0.2, 0.25) is 0 Å². The average Bonchev–Trinajstić information content (AvgIpc) is 2.39. The Labute approximate surface area is 117 Å². The van der Waals surface area contributed by atoms with E-state index in [9.17, 15) is 26.7 Å². The third kappa shape index (κ3) is 3.09. The summed E-state index contributed by atoms with van der Waals surface area (Å²) in [4.78, 5) is 12.1. The molecule has 2 aromatic rings. The van der Waals surface area contributed by atoms with E-state index in [-0.39, 0.29) is 11.1 Å². The van der Waals surface area contributed by atoms with Gasteiger partial charge in [0.15, 0.2) is 5.78 Å². The van der Waals surface area contributed by atoms with Gasteiger partial charge >= 0.3 is 6.18 Å². The summed E-state index contributed by atoms with van der Waals surface area (Å²) in [6.07, 6.45) is -4.78. The van der Waals surface area contributed by atoms with Crippen LogP contribution in [-0.2, 0) is 6.18 Å². The van der Waals surface area contributed by atoms with Crippen molar-refractivity contribution in [2.24, 2.45) is 0 Å². The Kier molecular flexibility index (Phi) is 3.80. The molecule has 0 spiro atoms. The number of hydrogen-bond donors (Lipinski definition) is 0. The molecule has 0 aromatic heterocycles. The van der Waals surface area contributed by atoms with Gasteiger partial charge in [-0.3, -0.25) is 4.79 Å². The maximum atomic E-state index is 13.2.